The van der Waals surface area contributed by atoms with Crippen LogP contribution in [0, 0.1) is 11.8 Å². The zero-order valence-electron chi connectivity index (χ0n) is 59.9. The lowest BCUT2D eigenvalue weighted by atomic mass is 10.0. The van der Waals surface area contributed by atoms with Crippen LogP contribution in [0.2, 0.25) is 0 Å². The van der Waals surface area contributed by atoms with Crippen LogP contribution in [0.15, 0.2) is 0 Å². The number of carbonyl (C=O) groups excluding carboxylic acids is 4. The Bertz CT molecular complexity index is 1790. The molecule has 0 aliphatic carbocycles. The number of phosphoric acid groups is 2. The number of hydrogen-bond donors (Lipinski definition) is 3. The van der Waals surface area contributed by atoms with Crippen molar-refractivity contribution >= 4 is 39.5 Å². The van der Waals surface area contributed by atoms with Gasteiger partial charge < -0.3 is 33.8 Å². The molecule has 0 aromatic rings. The number of hydrogen-bond acceptors (Lipinski definition) is 15. The predicted molar refractivity (Wildman–Crippen MR) is 372 cm³/mol. The van der Waals surface area contributed by atoms with Gasteiger partial charge in [0.2, 0.25) is 0 Å². The van der Waals surface area contributed by atoms with Crippen molar-refractivity contribution in [2.75, 3.05) is 39.6 Å². The molecule has 5 atom stereocenters. The van der Waals surface area contributed by atoms with E-state index in [1.54, 1.807) is 0 Å². The first-order valence-electron chi connectivity index (χ1n) is 38.0. The number of aliphatic hydroxyl groups excluding tert-OH is 1. The van der Waals surface area contributed by atoms with Crippen molar-refractivity contribution in [3.8, 4) is 0 Å². The summed E-state index contributed by atoms with van der Waals surface area (Å²) in [5.41, 5.74) is 0. The maximum Gasteiger partial charge on any atom is 0.472 e. The van der Waals surface area contributed by atoms with Gasteiger partial charge in [0.1, 0.15) is 19.3 Å². The highest BCUT2D eigenvalue weighted by molar-refractivity contribution is 7.47. The molecule has 17 nitrogen and oxygen atoms in total. The van der Waals surface area contributed by atoms with E-state index in [4.69, 9.17) is 37.0 Å². The molecule has 0 saturated carbocycles. The van der Waals surface area contributed by atoms with E-state index in [1.807, 2.05) is 0 Å². The van der Waals surface area contributed by atoms with Gasteiger partial charge >= 0.3 is 39.5 Å². The fraction of sp³-hybridized carbons (Fsp3) is 0.945. The Morgan fingerprint density at radius 1 is 0.293 bits per heavy atom. The topological polar surface area (TPSA) is 237 Å². The van der Waals surface area contributed by atoms with E-state index in [-0.39, 0.29) is 25.7 Å². The standard InChI is InChI=1S/C73H142O17P2/c1-7-9-11-13-15-16-17-18-19-20-21-28-33-39-45-51-57-72(77)90-69(62-84-71(76)56-50-44-38-32-27-23-22-25-30-36-41-47-53-65(3)4)64-88-92(81,82)86-60-67(74)59-85-91(79,80)87-63-68(61-83-70(75)55-49-43-35-14-12-10-8-2)89-73(78)58-52-46-40-34-29-24-26-31-37-42-48-54-66(5)6/h65-69,74H,7-64H2,1-6H3,(H,79,80)(H,81,82)/t67-,68+,69+/m0/s1. The second-order valence-electron chi connectivity index (χ2n) is 27.3. The Morgan fingerprint density at radius 2 is 0.500 bits per heavy atom. The third-order valence-electron chi connectivity index (χ3n) is 17.0. The van der Waals surface area contributed by atoms with Gasteiger partial charge in [-0.25, -0.2) is 9.13 Å². The Kier molecular flexibility index (Phi) is 63.7. The van der Waals surface area contributed by atoms with Gasteiger partial charge in [-0.15, -0.1) is 0 Å². The number of aliphatic hydroxyl groups is 1. The quantitative estimate of drug-likeness (QED) is 0.0222. The molecule has 0 aliphatic heterocycles. The smallest absolute Gasteiger partial charge is 0.462 e. The summed E-state index contributed by atoms with van der Waals surface area (Å²) < 4.78 is 68.3. The van der Waals surface area contributed by atoms with E-state index < -0.39 is 97.5 Å². The molecule has 2 unspecified atom stereocenters. The third-order valence-corrected chi connectivity index (χ3v) is 18.9. The van der Waals surface area contributed by atoms with Crippen molar-refractivity contribution in [2.24, 2.45) is 11.8 Å². The molecule has 0 heterocycles. The van der Waals surface area contributed by atoms with Crippen molar-refractivity contribution in [1.82, 2.24) is 0 Å². The number of carbonyl (C=O) groups is 4. The number of rotatable bonds is 72. The molecule has 546 valence electrons. The van der Waals surface area contributed by atoms with Crippen LogP contribution >= 0.6 is 15.6 Å². The van der Waals surface area contributed by atoms with Gasteiger partial charge in [-0.3, -0.25) is 37.3 Å². The lowest BCUT2D eigenvalue weighted by Gasteiger charge is -2.21. The average Bonchev–Trinajstić information content (AvgIpc) is 2.30. The second kappa shape index (κ2) is 65.0. The molecule has 0 aliphatic rings. The Hall–Kier alpha value is -1.94. The minimum Gasteiger partial charge on any atom is -0.462 e. The van der Waals surface area contributed by atoms with Gasteiger partial charge in [0.25, 0.3) is 0 Å². The zero-order valence-corrected chi connectivity index (χ0v) is 61.6. The number of unbranched alkanes of at least 4 members (excludes halogenated alkanes) is 42. The first kappa shape index (κ1) is 90.1. The van der Waals surface area contributed by atoms with Crippen molar-refractivity contribution < 1.29 is 80.2 Å². The molecule has 0 fully saturated rings. The van der Waals surface area contributed by atoms with Crippen molar-refractivity contribution in [3.63, 3.8) is 0 Å². The van der Waals surface area contributed by atoms with Crippen LogP contribution in [0.1, 0.15) is 375 Å². The molecule has 19 heteroatoms. The average molecular weight is 1350 g/mol. The highest BCUT2D eigenvalue weighted by Crippen LogP contribution is 2.45. The number of phosphoric ester groups is 2. The SMILES string of the molecule is CCCCCCCCCCCCCCCCCCC(=O)O[C@H](COC(=O)CCCCCCCCCCCCCCC(C)C)COP(=O)(O)OC[C@@H](O)COP(=O)(O)OC[C@@H](COC(=O)CCCCCCCCC)OC(=O)CCCCCCCCCCCCCC(C)C. The zero-order chi connectivity index (χ0) is 67.9. The van der Waals surface area contributed by atoms with Gasteiger partial charge in [0, 0.05) is 25.7 Å². The molecule has 0 aromatic heterocycles. The monoisotopic (exact) mass is 1350 g/mol. The molecule has 0 radical (unpaired) electrons. The fourth-order valence-corrected chi connectivity index (χ4v) is 12.7. The Labute approximate surface area is 562 Å². The molecule has 3 N–H and O–H groups in total. The van der Waals surface area contributed by atoms with Crippen LogP contribution in [-0.4, -0.2) is 96.7 Å². The summed E-state index contributed by atoms with van der Waals surface area (Å²) in [6.07, 6.45) is 51.4. The first-order chi connectivity index (χ1) is 44.4. The summed E-state index contributed by atoms with van der Waals surface area (Å²) in [6.45, 7) is 9.55. The van der Waals surface area contributed by atoms with Crippen LogP contribution < -0.4 is 0 Å². The first-order valence-corrected chi connectivity index (χ1v) is 41.0. The molecule has 0 bridgehead atoms. The van der Waals surface area contributed by atoms with Crippen LogP contribution in [0.25, 0.3) is 0 Å². The van der Waals surface area contributed by atoms with Gasteiger partial charge in [0.05, 0.1) is 26.4 Å². The molecule has 0 saturated heterocycles. The van der Waals surface area contributed by atoms with Crippen molar-refractivity contribution in [3.05, 3.63) is 0 Å². The molecular weight excluding hydrogens is 1210 g/mol. The van der Waals surface area contributed by atoms with Crippen LogP contribution in [0.4, 0.5) is 0 Å². The van der Waals surface area contributed by atoms with Crippen molar-refractivity contribution in [2.45, 2.75) is 394 Å². The summed E-state index contributed by atoms with van der Waals surface area (Å²) in [7, 11) is -9.90. The van der Waals surface area contributed by atoms with Gasteiger partial charge in [-0.2, -0.15) is 0 Å². The van der Waals surface area contributed by atoms with E-state index in [1.165, 1.54) is 180 Å². The maximum atomic E-state index is 13.1. The summed E-state index contributed by atoms with van der Waals surface area (Å²) in [6, 6.07) is 0. The highest BCUT2D eigenvalue weighted by Gasteiger charge is 2.30. The maximum absolute atomic E-state index is 13.1. The second-order valence-corrected chi connectivity index (χ2v) is 30.2. The third kappa shape index (κ3) is 66.7. The summed E-state index contributed by atoms with van der Waals surface area (Å²) in [5.74, 6) is -0.575. The lowest BCUT2D eigenvalue weighted by Crippen LogP contribution is -2.30. The van der Waals surface area contributed by atoms with E-state index in [0.29, 0.717) is 25.7 Å². The molecule has 0 spiro atoms. The van der Waals surface area contributed by atoms with E-state index in [2.05, 4.69) is 41.5 Å². The largest absolute Gasteiger partial charge is 0.472 e. The molecule has 0 rings (SSSR count). The van der Waals surface area contributed by atoms with Crippen molar-refractivity contribution in [1.29, 1.82) is 0 Å². The number of esters is 4. The Morgan fingerprint density at radius 3 is 0.739 bits per heavy atom. The summed E-state index contributed by atoms with van der Waals surface area (Å²) in [5, 5.41) is 10.6. The van der Waals surface area contributed by atoms with E-state index >= 15 is 0 Å². The molecular formula is C73H142O17P2. The van der Waals surface area contributed by atoms with E-state index in [9.17, 15) is 43.2 Å². The predicted octanol–water partition coefficient (Wildman–Crippen LogP) is 21.2. The summed E-state index contributed by atoms with van der Waals surface area (Å²) >= 11 is 0. The van der Waals surface area contributed by atoms with Gasteiger partial charge in [-0.05, 0) is 37.5 Å². The normalized spacial score (nSPS) is 14.1. The van der Waals surface area contributed by atoms with Gasteiger partial charge in [0.15, 0.2) is 12.2 Å². The minimum absolute atomic E-state index is 0.106. The number of ether oxygens (including phenoxy) is 4. The van der Waals surface area contributed by atoms with Gasteiger partial charge in [-0.1, -0.05) is 324 Å². The van der Waals surface area contributed by atoms with Crippen LogP contribution in [0.5, 0.6) is 0 Å². The van der Waals surface area contributed by atoms with E-state index in [0.717, 1.165) is 115 Å². The van der Waals surface area contributed by atoms with Crippen LogP contribution in [0.3, 0.4) is 0 Å². The molecule has 0 aromatic carbocycles. The summed E-state index contributed by atoms with van der Waals surface area (Å²) in [4.78, 5) is 72.6. The Balaban J connectivity index is 5.21. The molecule has 92 heavy (non-hydrogen) atoms. The highest BCUT2D eigenvalue weighted by atomic mass is 31.2. The minimum atomic E-state index is -4.95. The van der Waals surface area contributed by atoms with Crippen LogP contribution in [-0.2, 0) is 65.4 Å². The lowest BCUT2D eigenvalue weighted by molar-refractivity contribution is -0.161. The fourth-order valence-electron chi connectivity index (χ4n) is 11.1. The molecule has 0 amide bonds.